The standard InChI is InChI=1S/C17H24N2O6S/c1-7-13-12(8(2)20)16(22)19(13)14(17(23)24)15(7)26-11-4-5-25-10(11)6-18-9(3)21/h7-8,10-13,20H,4-6H2,1-3H3,(H,18,21)(H,23,24)/t7-,8-,10-,11-,12-,13-/m1/s1. The number of β-lactam (4-membered cyclic amide) rings is 1. The van der Waals surface area contributed by atoms with E-state index < -0.39 is 18.0 Å². The first-order chi connectivity index (χ1) is 12.2. The Morgan fingerprint density at radius 1 is 1.46 bits per heavy atom. The number of carboxylic acid groups (broad SMARTS) is 1. The molecule has 0 radical (unpaired) electrons. The molecule has 6 atom stereocenters. The van der Waals surface area contributed by atoms with Crippen LogP contribution < -0.4 is 5.32 Å². The molecule has 0 bridgehead atoms. The van der Waals surface area contributed by atoms with Gasteiger partial charge in [0.05, 0.1) is 24.2 Å². The number of fused-ring (bicyclic) bond motifs is 1. The van der Waals surface area contributed by atoms with Crippen LogP contribution >= 0.6 is 11.8 Å². The average molecular weight is 384 g/mol. The van der Waals surface area contributed by atoms with Crippen LogP contribution in [0, 0.1) is 11.8 Å². The molecule has 3 aliphatic rings. The van der Waals surface area contributed by atoms with Crippen molar-refractivity contribution in [2.75, 3.05) is 13.2 Å². The third-order valence-electron chi connectivity index (χ3n) is 5.29. The van der Waals surface area contributed by atoms with E-state index in [-0.39, 0.29) is 40.8 Å². The molecule has 3 rings (SSSR count). The Balaban J connectivity index is 1.81. The molecule has 3 heterocycles. The van der Waals surface area contributed by atoms with E-state index in [0.717, 1.165) is 6.42 Å². The number of hydrogen-bond donors (Lipinski definition) is 3. The number of nitrogens with one attached hydrogen (secondary N) is 1. The maximum atomic E-state index is 12.4. The molecule has 0 aromatic rings. The van der Waals surface area contributed by atoms with Crippen molar-refractivity contribution < 1.29 is 29.3 Å². The number of aliphatic hydroxyl groups excluding tert-OH is 1. The number of carboxylic acids is 1. The average Bonchev–Trinajstić information content (AvgIpc) is 3.07. The van der Waals surface area contributed by atoms with Gasteiger partial charge in [-0.3, -0.25) is 9.59 Å². The maximum absolute atomic E-state index is 12.4. The minimum atomic E-state index is -1.13. The summed E-state index contributed by atoms with van der Waals surface area (Å²) in [5.41, 5.74) is 0.0274. The summed E-state index contributed by atoms with van der Waals surface area (Å²) in [6, 6.07) is -0.313. The molecule has 0 spiro atoms. The van der Waals surface area contributed by atoms with Crippen molar-refractivity contribution in [2.45, 2.75) is 50.7 Å². The van der Waals surface area contributed by atoms with E-state index in [1.807, 2.05) is 6.92 Å². The van der Waals surface area contributed by atoms with Crippen LogP contribution in [-0.2, 0) is 19.1 Å². The molecule has 26 heavy (non-hydrogen) atoms. The Kier molecular flexibility index (Phi) is 5.32. The molecule has 9 heteroatoms. The van der Waals surface area contributed by atoms with Gasteiger partial charge in [-0.2, -0.15) is 0 Å². The highest BCUT2D eigenvalue weighted by Gasteiger charge is 2.60. The molecule has 3 N–H and O–H groups in total. The molecule has 2 saturated heterocycles. The minimum Gasteiger partial charge on any atom is -0.477 e. The summed E-state index contributed by atoms with van der Waals surface area (Å²) in [5.74, 6) is -2.32. The van der Waals surface area contributed by atoms with E-state index in [4.69, 9.17) is 4.74 Å². The zero-order valence-corrected chi connectivity index (χ0v) is 15.8. The number of hydrogen-bond acceptors (Lipinski definition) is 6. The van der Waals surface area contributed by atoms with Crippen LogP contribution in [0.15, 0.2) is 10.6 Å². The second-order valence-corrected chi connectivity index (χ2v) is 8.34. The van der Waals surface area contributed by atoms with Crippen LogP contribution in [0.4, 0.5) is 0 Å². The first-order valence-electron chi connectivity index (χ1n) is 8.75. The lowest BCUT2D eigenvalue weighted by atomic mass is 9.79. The summed E-state index contributed by atoms with van der Waals surface area (Å²) < 4.78 is 5.68. The van der Waals surface area contributed by atoms with Crippen LogP contribution in [0.5, 0.6) is 0 Å². The van der Waals surface area contributed by atoms with Gasteiger partial charge in [0.2, 0.25) is 11.8 Å². The van der Waals surface area contributed by atoms with Crippen molar-refractivity contribution >= 4 is 29.5 Å². The molecule has 0 aromatic carbocycles. The fraction of sp³-hybridized carbons (Fsp3) is 0.706. The lowest BCUT2D eigenvalue weighted by Gasteiger charge is -2.46. The van der Waals surface area contributed by atoms with Crippen LogP contribution in [0.2, 0.25) is 0 Å². The third kappa shape index (κ3) is 3.12. The minimum absolute atomic E-state index is 0.00690. The Morgan fingerprint density at radius 3 is 2.73 bits per heavy atom. The van der Waals surface area contributed by atoms with Gasteiger partial charge in [0.1, 0.15) is 5.70 Å². The van der Waals surface area contributed by atoms with Crippen molar-refractivity contribution in [1.82, 2.24) is 10.2 Å². The van der Waals surface area contributed by atoms with Crippen molar-refractivity contribution in [1.29, 1.82) is 0 Å². The lowest BCUT2D eigenvalue weighted by molar-refractivity contribution is -0.163. The second-order valence-electron chi connectivity index (χ2n) is 7.06. The molecule has 0 unspecified atom stereocenters. The monoisotopic (exact) mass is 384 g/mol. The number of carbonyl (C=O) groups is 3. The molecule has 0 aliphatic carbocycles. The van der Waals surface area contributed by atoms with E-state index in [9.17, 15) is 24.6 Å². The highest BCUT2D eigenvalue weighted by Crippen LogP contribution is 2.52. The van der Waals surface area contributed by atoms with Gasteiger partial charge in [0.15, 0.2) is 0 Å². The second kappa shape index (κ2) is 7.21. The summed E-state index contributed by atoms with van der Waals surface area (Å²) in [4.78, 5) is 37.3. The first-order valence-corrected chi connectivity index (χ1v) is 9.63. The Hall–Kier alpha value is -1.58. The number of amides is 2. The summed E-state index contributed by atoms with van der Waals surface area (Å²) in [6.45, 7) is 5.82. The van der Waals surface area contributed by atoms with E-state index >= 15 is 0 Å². The van der Waals surface area contributed by atoms with Gasteiger partial charge < -0.3 is 25.2 Å². The van der Waals surface area contributed by atoms with Gasteiger partial charge in [-0.05, 0) is 13.3 Å². The normalized spacial score (nSPS) is 34.5. The third-order valence-corrected chi connectivity index (χ3v) is 6.95. The molecular weight excluding hydrogens is 360 g/mol. The predicted octanol–water partition coefficient (Wildman–Crippen LogP) is 0.167. The van der Waals surface area contributed by atoms with E-state index in [0.29, 0.717) is 18.1 Å². The van der Waals surface area contributed by atoms with E-state index in [1.54, 1.807) is 6.92 Å². The fourth-order valence-electron chi connectivity index (χ4n) is 4.04. The summed E-state index contributed by atoms with van der Waals surface area (Å²) in [6.07, 6.45) is -0.265. The van der Waals surface area contributed by atoms with Crippen LogP contribution in [0.25, 0.3) is 0 Å². The molecule has 0 saturated carbocycles. The molecule has 2 fully saturated rings. The lowest BCUT2D eigenvalue weighted by Crippen LogP contribution is -2.63. The highest BCUT2D eigenvalue weighted by atomic mass is 32.2. The predicted molar refractivity (Wildman–Crippen MR) is 94.1 cm³/mol. The maximum Gasteiger partial charge on any atom is 0.353 e. The zero-order chi connectivity index (χ0) is 19.2. The fourth-order valence-corrected chi connectivity index (χ4v) is 5.56. The van der Waals surface area contributed by atoms with Crippen molar-refractivity contribution in [3.63, 3.8) is 0 Å². The van der Waals surface area contributed by atoms with Crippen molar-refractivity contribution in [2.24, 2.45) is 11.8 Å². The Bertz CT molecular complexity index is 664. The van der Waals surface area contributed by atoms with Crippen LogP contribution in [0.1, 0.15) is 27.2 Å². The van der Waals surface area contributed by atoms with E-state index in [1.165, 1.54) is 23.6 Å². The largest absolute Gasteiger partial charge is 0.477 e. The van der Waals surface area contributed by atoms with Gasteiger partial charge >= 0.3 is 5.97 Å². The molecule has 0 aromatic heterocycles. The topological polar surface area (TPSA) is 116 Å². The highest BCUT2D eigenvalue weighted by molar-refractivity contribution is 8.03. The molecule has 8 nitrogen and oxygen atoms in total. The molecule has 144 valence electrons. The summed E-state index contributed by atoms with van der Waals surface area (Å²) >= 11 is 1.43. The number of thioether (sulfide) groups is 1. The van der Waals surface area contributed by atoms with Gasteiger partial charge in [0, 0.05) is 36.1 Å². The number of ether oxygens (including phenoxy) is 1. The summed E-state index contributed by atoms with van der Waals surface area (Å²) in [7, 11) is 0. The quantitative estimate of drug-likeness (QED) is 0.559. The van der Waals surface area contributed by atoms with E-state index in [2.05, 4.69) is 5.32 Å². The number of aliphatic carboxylic acids is 1. The SMILES string of the molecule is CC(=O)NC[C@H]1OCC[C@H]1SC1=C(C(=O)O)N2C(=O)[C@H]([C@@H](C)O)[C@H]2[C@H]1C. The Morgan fingerprint density at radius 2 is 2.15 bits per heavy atom. The molecular formula is C17H24N2O6S. The van der Waals surface area contributed by atoms with Gasteiger partial charge in [-0.1, -0.05) is 6.92 Å². The zero-order valence-electron chi connectivity index (χ0n) is 15.0. The smallest absolute Gasteiger partial charge is 0.353 e. The first kappa shape index (κ1) is 19.2. The molecule has 2 amide bonds. The van der Waals surface area contributed by atoms with Crippen LogP contribution in [0.3, 0.4) is 0 Å². The van der Waals surface area contributed by atoms with Crippen molar-refractivity contribution in [3.05, 3.63) is 10.6 Å². The van der Waals surface area contributed by atoms with Crippen molar-refractivity contribution in [3.8, 4) is 0 Å². The molecule has 3 aliphatic heterocycles. The number of nitrogens with zero attached hydrogens (tertiary/aromatic N) is 1. The van der Waals surface area contributed by atoms with Gasteiger partial charge in [0.25, 0.3) is 0 Å². The van der Waals surface area contributed by atoms with Gasteiger partial charge in [-0.25, -0.2) is 4.79 Å². The number of carbonyl (C=O) groups excluding carboxylic acids is 2. The number of aliphatic hydroxyl groups is 1. The number of rotatable bonds is 6. The summed E-state index contributed by atoms with van der Waals surface area (Å²) in [5, 5.41) is 22.3. The van der Waals surface area contributed by atoms with Crippen LogP contribution in [-0.4, -0.2) is 69.5 Å². The Labute approximate surface area is 155 Å². The van der Waals surface area contributed by atoms with Gasteiger partial charge in [-0.15, -0.1) is 11.8 Å².